The Kier molecular flexibility index (Phi) is 8.71. The molecule has 12 heteroatoms. The van der Waals surface area contributed by atoms with Gasteiger partial charge in [0.25, 0.3) is 5.91 Å². The van der Waals surface area contributed by atoms with Crippen molar-refractivity contribution in [2.24, 2.45) is 5.92 Å². The highest BCUT2D eigenvalue weighted by atomic mass is 32.2. The van der Waals surface area contributed by atoms with Crippen LogP contribution in [0, 0.1) is 5.92 Å². The Morgan fingerprint density at radius 3 is 2.39 bits per heavy atom. The Hall–Kier alpha value is -3.35. The van der Waals surface area contributed by atoms with Gasteiger partial charge in [-0.3, -0.25) is 19.4 Å². The third kappa shape index (κ3) is 6.29. The van der Waals surface area contributed by atoms with Gasteiger partial charge in [-0.05, 0) is 62.2 Å². The van der Waals surface area contributed by atoms with Crippen LogP contribution in [0.15, 0.2) is 53.7 Å². The number of amides is 2. The first kappa shape index (κ1) is 29.2. The number of aromatic nitrogens is 1. The van der Waals surface area contributed by atoms with Crippen LogP contribution in [0.3, 0.4) is 0 Å². The second kappa shape index (κ2) is 12.3. The Morgan fingerprint density at radius 1 is 1.02 bits per heavy atom. The van der Waals surface area contributed by atoms with Crippen molar-refractivity contribution in [2.75, 3.05) is 57.8 Å². The van der Waals surface area contributed by atoms with Gasteiger partial charge in [-0.1, -0.05) is 6.92 Å². The van der Waals surface area contributed by atoms with E-state index >= 15 is 0 Å². The van der Waals surface area contributed by atoms with Crippen molar-refractivity contribution in [1.29, 1.82) is 0 Å². The van der Waals surface area contributed by atoms with Crippen LogP contribution in [0.5, 0.6) is 0 Å². The molecule has 4 heterocycles. The summed E-state index contributed by atoms with van der Waals surface area (Å²) in [6.07, 6.45) is 4.06. The van der Waals surface area contributed by atoms with Gasteiger partial charge in [0.15, 0.2) is 5.78 Å². The number of piperazine rings is 1. The fraction of sp³-hybridized carbons (Fsp3) is 0.517. The molecule has 5 rings (SSSR count). The summed E-state index contributed by atoms with van der Waals surface area (Å²) in [7, 11) is -1.74. The van der Waals surface area contributed by atoms with Crippen molar-refractivity contribution in [3.8, 4) is 0 Å². The lowest BCUT2D eigenvalue weighted by Crippen LogP contribution is -2.44. The summed E-state index contributed by atoms with van der Waals surface area (Å²) in [5.74, 6) is -0.582. The van der Waals surface area contributed by atoms with E-state index in [2.05, 4.69) is 27.1 Å². The van der Waals surface area contributed by atoms with Crippen LogP contribution in [0.25, 0.3) is 0 Å². The fourth-order valence-corrected chi connectivity index (χ4v) is 7.57. The van der Waals surface area contributed by atoms with Crippen molar-refractivity contribution in [2.45, 2.75) is 43.2 Å². The molecule has 0 saturated carbocycles. The summed E-state index contributed by atoms with van der Waals surface area (Å²) in [5, 5.41) is 2.94. The van der Waals surface area contributed by atoms with Crippen LogP contribution in [0.4, 0.5) is 5.69 Å². The molecule has 3 aliphatic rings. The van der Waals surface area contributed by atoms with Crippen molar-refractivity contribution >= 4 is 33.3 Å². The molecule has 2 amide bonds. The van der Waals surface area contributed by atoms with Gasteiger partial charge in [-0.2, -0.15) is 4.31 Å². The van der Waals surface area contributed by atoms with E-state index in [4.69, 9.17) is 0 Å². The van der Waals surface area contributed by atoms with Gasteiger partial charge in [0.05, 0.1) is 17.5 Å². The number of hydrogen-bond acceptors (Lipinski definition) is 8. The maximum Gasteiger partial charge on any atom is 0.251 e. The summed E-state index contributed by atoms with van der Waals surface area (Å²) in [6, 6.07) is 9.18. The SMILES string of the molecule is CC(CCNC(=O)c1ccc(N2CCN(C)CC2)cc1)CC(=O)N1CCC2C1C(=O)CN2S(=O)(=O)c1ccncc1. The molecule has 3 saturated heterocycles. The fourth-order valence-electron chi connectivity index (χ4n) is 5.96. The summed E-state index contributed by atoms with van der Waals surface area (Å²) < 4.78 is 27.5. The molecule has 1 aromatic heterocycles. The molecule has 3 fully saturated rings. The number of fused-ring (bicyclic) bond motifs is 1. The van der Waals surface area contributed by atoms with Crippen molar-refractivity contribution < 1.29 is 22.8 Å². The van der Waals surface area contributed by atoms with E-state index in [0.29, 0.717) is 31.5 Å². The predicted octanol–water partition coefficient (Wildman–Crippen LogP) is 1.22. The normalized spacial score (nSPS) is 22.5. The van der Waals surface area contributed by atoms with E-state index in [0.717, 1.165) is 31.9 Å². The number of carbonyl (C=O) groups excluding carboxylic acids is 3. The number of Topliss-reactive ketones (excluding diaryl/α,β-unsaturated/α-hetero) is 1. The van der Waals surface area contributed by atoms with Gasteiger partial charge >= 0.3 is 0 Å². The molecule has 0 bridgehead atoms. The first-order chi connectivity index (χ1) is 19.6. The van der Waals surface area contributed by atoms with E-state index in [1.165, 1.54) is 28.8 Å². The van der Waals surface area contributed by atoms with Crippen LogP contribution in [0.2, 0.25) is 0 Å². The number of sulfonamides is 1. The summed E-state index contributed by atoms with van der Waals surface area (Å²) in [5.41, 5.74) is 1.71. The zero-order valence-corrected chi connectivity index (χ0v) is 24.4. The van der Waals surface area contributed by atoms with Crippen LogP contribution >= 0.6 is 0 Å². The molecule has 11 nitrogen and oxygen atoms in total. The van der Waals surface area contributed by atoms with E-state index in [-0.39, 0.29) is 41.4 Å². The zero-order valence-electron chi connectivity index (χ0n) is 23.6. The molecule has 3 aliphatic heterocycles. The number of pyridine rings is 1. The van der Waals surface area contributed by atoms with Crippen molar-refractivity contribution in [1.82, 2.24) is 24.4 Å². The Morgan fingerprint density at radius 2 is 1.71 bits per heavy atom. The zero-order chi connectivity index (χ0) is 29.1. The number of carbonyl (C=O) groups is 3. The first-order valence-corrected chi connectivity index (χ1v) is 15.6. The number of rotatable bonds is 9. The van der Waals surface area contributed by atoms with E-state index in [1.54, 1.807) is 4.90 Å². The molecule has 0 aliphatic carbocycles. The van der Waals surface area contributed by atoms with Gasteiger partial charge < -0.3 is 20.0 Å². The Labute approximate surface area is 241 Å². The average Bonchev–Trinajstić information content (AvgIpc) is 3.55. The summed E-state index contributed by atoms with van der Waals surface area (Å²) in [6.45, 7) is 6.45. The van der Waals surface area contributed by atoms with Gasteiger partial charge in [-0.15, -0.1) is 0 Å². The second-order valence-electron chi connectivity index (χ2n) is 11.3. The second-order valence-corrected chi connectivity index (χ2v) is 13.2. The Bertz CT molecular complexity index is 1360. The van der Waals surface area contributed by atoms with Crippen LogP contribution < -0.4 is 10.2 Å². The minimum Gasteiger partial charge on any atom is -0.369 e. The minimum absolute atomic E-state index is 0.0189. The molecule has 0 radical (unpaired) electrons. The lowest BCUT2D eigenvalue weighted by molar-refractivity contribution is -0.137. The first-order valence-electron chi connectivity index (χ1n) is 14.2. The quantitative estimate of drug-likeness (QED) is 0.468. The summed E-state index contributed by atoms with van der Waals surface area (Å²) in [4.78, 5) is 48.8. The third-order valence-electron chi connectivity index (χ3n) is 8.40. The molecule has 0 spiro atoms. The number of anilines is 1. The van der Waals surface area contributed by atoms with Gasteiger partial charge in [0.1, 0.15) is 6.04 Å². The maximum absolute atomic E-state index is 13.2. The number of nitrogens with one attached hydrogen (secondary N) is 1. The molecule has 2 aromatic rings. The largest absolute Gasteiger partial charge is 0.369 e. The number of benzene rings is 1. The molecule has 220 valence electrons. The maximum atomic E-state index is 13.2. The molecule has 1 N–H and O–H groups in total. The molecule has 1 aromatic carbocycles. The number of likely N-dealkylation sites (N-methyl/N-ethyl adjacent to an activating group) is 1. The van der Waals surface area contributed by atoms with Crippen LogP contribution in [-0.4, -0.2) is 110 Å². The molecule has 3 unspecified atom stereocenters. The highest BCUT2D eigenvalue weighted by Gasteiger charge is 2.53. The smallest absolute Gasteiger partial charge is 0.251 e. The van der Waals surface area contributed by atoms with Gasteiger partial charge in [0, 0.05) is 69.3 Å². The number of nitrogens with zero attached hydrogens (tertiary/aromatic N) is 5. The molecular weight excluding hydrogens is 544 g/mol. The van der Waals surface area contributed by atoms with E-state index in [9.17, 15) is 22.8 Å². The van der Waals surface area contributed by atoms with E-state index < -0.39 is 22.1 Å². The standard InChI is InChI=1S/C29H38N6O5S/c1-21(7-13-31-29(38)22-3-5-23(6-4-22)33-17-15-32(2)16-18-33)19-27(37)34-14-10-25-28(34)26(36)20-35(25)41(39,40)24-8-11-30-12-9-24/h3-6,8-9,11-12,21,25,28H,7,10,13-20H2,1-2H3,(H,31,38). The minimum atomic E-state index is -3.86. The topological polar surface area (TPSA) is 123 Å². The van der Waals surface area contributed by atoms with Crippen LogP contribution in [-0.2, 0) is 19.6 Å². The molecule has 41 heavy (non-hydrogen) atoms. The number of ketones is 1. The van der Waals surface area contributed by atoms with Crippen molar-refractivity contribution in [3.63, 3.8) is 0 Å². The van der Waals surface area contributed by atoms with Crippen molar-refractivity contribution in [3.05, 3.63) is 54.4 Å². The number of likely N-dealkylation sites (tertiary alicyclic amines) is 1. The lowest BCUT2D eigenvalue weighted by Gasteiger charge is -2.34. The lowest BCUT2D eigenvalue weighted by atomic mass is 10.0. The van der Waals surface area contributed by atoms with Crippen LogP contribution in [0.1, 0.15) is 36.5 Å². The Balaban J connectivity index is 1.09. The van der Waals surface area contributed by atoms with E-state index in [1.807, 2.05) is 31.2 Å². The number of hydrogen-bond donors (Lipinski definition) is 1. The molecule has 3 atom stereocenters. The summed E-state index contributed by atoms with van der Waals surface area (Å²) >= 11 is 0. The third-order valence-corrected chi connectivity index (χ3v) is 10.3. The molecular formula is C29H38N6O5S. The van der Waals surface area contributed by atoms with Gasteiger partial charge in [-0.25, -0.2) is 8.42 Å². The highest BCUT2D eigenvalue weighted by molar-refractivity contribution is 7.89. The van der Waals surface area contributed by atoms with Gasteiger partial charge in [0.2, 0.25) is 15.9 Å². The predicted molar refractivity (Wildman–Crippen MR) is 154 cm³/mol. The monoisotopic (exact) mass is 582 g/mol. The highest BCUT2D eigenvalue weighted by Crippen LogP contribution is 2.34. The average molecular weight is 583 g/mol.